The summed E-state index contributed by atoms with van der Waals surface area (Å²) in [5.74, 6) is -0.419. The van der Waals surface area contributed by atoms with Crippen molar-refractivity contribution in [1.82, 2.24) is 4.90 Å². The van der Waals surface area contributed by atoms with Gasteiger partial charge in [-0.05, 0) is 18.6 Å². The molecule has 1 rings (SSSR count). The molecule has 0 atom stereocenters. The third kappa shape index (κ3) is 3.31. The minimum Gasteiger partial charge on any atom is -0.341 e. The highest BCUT2D eigenvalue weighted by molar-refractivity contribution is 5.78. The molecule has 0 radical (unpaired) electrons. The van der Waals surface area contributed by atoms with Gasteiger partial charge in [0, 0.05) is 19.6 Å². The zero-order valence-corrected chi connectivity index (χ0v) is 9.45. The van der Waals surface area contributed by atoms with Gasteiger partial charge in [0.15, 0.2) is 0 Å². The van der Waals surface area contributed by atoms with Gasteiger partial charge in [-0.25, -0.2) is 4.39 Å². The Labute approximate surface area is 95.0 Å². The SMILES string of the molecule is CCN(CCN)C(=O)Cc1ccccc1F. The Balaban J connectivity index is 2.66. The molecule has 0 aliphatic rings. The summed E-state index contributed by atoms with van der Waals surface area (Å²) in [7, 11) is 0. The molecule has 0 fully saturated rings. The van der Waals surface area contributed by atoms with E-state index in [1.165, 1.54) is 6.07 Å². The molecular formula is C12H17FN2O. The van der Waals surface area contributed by atoms with Crippen LogP contribution in [0.4, 0.5) is 4.39 Å². The maximum Gasteiger partial charge on any atom is 0.227 e. The van der Waals surface area contributed by atoms with Crippen LogP contribution in [0.3, 0.4) is 0 Å². The van der Waals surface area contributed by atoms with Gasteiger partial charge in [0.2, 0.25) is 5.91 Å². The lowest BCUT2D eigenvalue weighted by Crippen LogP contribution is -2.36. The first kappa shape index (κ1) is 12.6. The molecule has 0 spiro atoms. The Hall–Kier alpha value is -1.42. The van der Waals surface area contributed by atoms with Crippen molar-refractivity contribution in [2.24, 2.45) is 5.73 Å². The molecule has 0 bridgehead atoms. The summed E-state index contributed by atoms with van der Waals surface area (Å²) >= 11 is 0. The van der Waals surface area contributed by atoms with Crippen LogP contribution in [0.15, 0.2) is 24.3 Å². The summed E-state index contributed by atoms with van der Waals surface area (Å²) in [5.41, 5.74) is 5.83. The molecule has 0 aliphatic heterocycles. The van der Waals surface area contributed by atoms with Crippen LogP contribution in [0.2, 0.25) is 0 Å². The van der Waals surface area contributed by atoms with E-state index in [4.69, 9.17) is 5.73 Å². The van der Waals surface area contributed by atoms with E-state index in [0.29, 0.717) is 25.2 Å². The van der Waals surface area contributed by atoms with E-state index >= 15 is 0 Å². The van der Waals surface area contributed by atoms with Crippen LogP contribution in [0.5, 0.6) is 0 Å². The van der Waals surface area contributed by atoms with Crippen molar-refractivity contribution >= 4 is 5.91 Å². The van der Waals surface area contributed by atoms with Crippen LogP contribution in [0, 0.1) is 5.82 Å². The van der Waals surface area contributed by atoms with E-state index in [1.54, 1.807) is 23.1 Å². The van der Waals surface area contributed by atoms with Gasteiger partial charge >= 0.3 is 0 Å². The Morgan fingerprint density at radius 2 is 2.12 bits per heavy atom. The average molecular weight is 224 g/mol. The number of nitrogens with zero attached hydrogens (tertiary/aromatic N) is 1. The fourth-order valence-corrected chi connectivity index (χ4v) is 1.53. The Morgan fingerprint density at radius 3 is 2.69 bits per heavy atom. The summed E-state index contributed by atoms with van der Waals surface area (Å²) in [5, 5.41) is 0. The van der Waals surface area contributed by atoms with E-state index in [1.807, 2.05) is 6.92 Å². The molecule has 3 nitrogen and oxygen atoms in total. The van der Waals surface area contributed by atoms with Gasteiger partial charge < -0.3 is 10.6 Å². The number of halogens is 1. The van der Waals surface area contributed by atoms with Crippen molar-refractivity contribution in [2.75, 3.05) is 19.6 Å². The molecular weight excluding hydrogens is 207 g/mol. The molecule has 1 aromatic rings. The molecule has 1 aromatic carbocycles. The summed E-state index contributed by atoms with van der Waals surface area (Å²) in [6.45, 7) is 3.43. The molecule has 0 aliphatic carbocycles. The number of rotatable bonds is 5. The van der Waals surface area contributed by atoms with Gasteiger partial charge in [0.1, 0.15) is 5.82 Å². The van der Waals surface area contributed by atoms with Crippen molar-refractivity contribution in [3.63, 3.8) is 0 Å². The van der Waals surface area contributed by atoms with Gasteiger partial charge in [-0.1, -0.05) is 18.2 Å². The molecule has 0 aromatic heterocycles. The number of amides is 1. The third-order valence-corrected chi connectivity index (χ3v) is 2.43. The molecule has 0 unspecified atom stereocenters. The Bertz CT molecular complexity index is 355. The number of nitrogens with two attached hydrogens (primary N) is 1. The highest BCUT2D eigenvalue weighted by Crippen LogP contribution is 2.08. The van der Waals surface area contributed by atoms with Crippen molar-refractivity contribution in [1.29, 1.82) is 0 Å². The summed E-state index contributed by atoms with van der Waals surface area (Å²) in [6, 6.07) is 6.33. The van der Waals surface area contributed by atoms with E-state index in [2.05, 4.69) is 0 Å². The fraction of sp³-hybridized carbons (Fsp3) is 0.417. The molecule has 88 valence electrons. The number of benzene rings is 1. The Morgan fingerprint density at radius 1 is 1.44 bits per heavy atom. The van der Waals surface area contributed by atoms with Crippen LogP contribution in [0.1, 0.15) is 12.5 Å². The maximum atomic E-state index is 13.3. The summed E-state index contributed by atoms with van der Waals surface area (Å²) in [6.07, 6.45) is 0.0977. The topological polar surface area (TPSA) is 46.3 Å². The van der Waals surface area contributed by atoms with Gasteiger partial charge in [0.25, 0.3) is 0 Å². The second-order valence-corrected chi connectivity index (χ2v) is 3.53. The molecule has 16 heavy (non-hydrogen) atoms. The van der Waals surface area contributed by atoms with Gasteiger partial charge in [-0.2, -0.15) is 0 Å². The van der Waals surface area contributed by atoms with Crippen molar-refractivity contribution < 1.29 is 9.18 Å². The minimum atomic E-state index is -0.334. The average Bonchev–Trinajstić information content (AvgIpc) is 2.29. The van der Waals surface area contributed by atoms with E-state index in [-0.39, 0.29) is 18.1 Å². The number of hydrogen-bond donors (Lipinski definition) is 1. The summed E-state index contributed by atoms with van der Waals surface area (Å²) in [4.78, 5) is 13.4. The fourth-order valence-electron chi connectivity index (χ4n) is 1.53. The zero-order valence-electron chi connectivity index (χ0n) is 9.45. The summed E-state index contributed by atoms with van der Waals surface area (Å²) < 4.78 is 13.3. The van der Waals surface area contributed by atoms with Gasteiger partial charge in [0.05, 0.1) is 6.42 Å². The smallest absolute Gasteiger partial charge is 0.227 e. The second-order valence-electron chi connectivity index (χ2n) is 3.53. The van der Waals surface area contributed by atoms with Gasteiger partial charge in [-0.15, -0.1) is 0 Å². The molecule has 1 amide bonds. The molecule has 2 N–H and O–H groups in total. The van der Waals surface area contributed by atoms with Crippen LogP contribution >= 0.6 is 0 Å². The quantitative estimate of drug-likeness (QED) is 0.816. The number of carbonyl (C=O) groups excluding carboxylic acids is 1. The van der Waals surface area contributed by atoms with E-state index < -0.39 is 0 Å². The molecule has 0 saturated carbocycles. The van der Waals surface area contributed by atoms with E-state index in [0.717, 1.165) is 0 Å². The molecule has 0 heterocycles. The predicted molar refractivity (Wildman–Crippen MR) is 61.4 cm³/mol. The van der Waals surface area contributed by atoms with Crippen molar-refractivity contribution in [2.45, 2.75) is 13.3 Å². The predicted octanol–water partition coefficient (Wildman–Crippen LogP) is 1.18. The third-order valence-electron chi connectivity index (χ3n) is 2.43. The van der Waals surface area contributed by atoms with Crippen molar-refractivity contribution in [3.05, 3.63) is 35.6 Å². The van der Waals surface area contributed by atoms with Crippen molar-refractivity contribution in [3.8, 4) is 0 Å². The van der Waals surface area contributed by atoms with Crippen LogP contribution in [-0.4, -0.2) is 30.4 Å². The van der Waals surface area contributed by atoms with Gasteiger partial charge in [-0.3, -0.25) is 4.79 Å². The number of carbonyl (C=O) groups is 1. The molecule has 0 saturated heterocycles. The standard InChI is InChI=1S/C12H17FN2O/c1-2-15(8-7-14)12(16)9-10-5-3-4-6-11(10)13/h3-6H,2,7-9,14H2,1H3. The highest BCUT2D eigenvalue weighted by Gasteiger charge is 2.13. The maximum absolute atomic E-state index is 13.3. The zero-order chi connectivity index (χ0) is 12.0. The van der Waals surface area contributed by atoms with E-state index in [9.17, 15) is 9.18 Å². The minimum absolute atomic E-state index is 0.0851. The lowest BCUT2D eigenvalue weighted by atomic mass is 10.1. The van der Waals surface area contributed by atoms with Crippen LogP contribution in [-0.2, 0) is 11.2 Å². The highest BCUT2D eigenvalue weighted by atomic mass is 19.1. The largest absolute Gasteiger partial charge is 0.341 e. The van der Waals surface area contributed by atoms with Crippen LogP contribution in [0.25, 0.3) is 0 Å². The normalized spacial score (nSPS) is 10.2. The van der Waals surface area contributed by atoms with Crippen LogP contribution < -0.4 is 5.73 Å². The number of likely N-dealkylation sites (N-methyl/N-ethyl adjacent to an activating group) is 1. The first-order chi connectivity index (χ1) is 7.69. The first-order valence-electron chi connectivity index (χ1n) is 5.40. The lowest BCUT2D eigenvalue weighted by Gasteiger charge is -2.20. The second kappa shape index (κ2) is 6.23. The first-order valence-corrected chi connectivity index (χ1v) is 5.40. The number of hydrogen-bond acceptors (Lipinski definition) is 2. The molecule has 4 heteroatoms. The lowest BCUT2D eigenvalue weighted by molar-refractivity contribution is -0.130. The monoisotopic (exact) mass is 224 g/mol. The Kier molecular flexibility index (Phi) is 4.92.